The molecule has 15 unspecified atom stereocenters. The number of ether oxygens (including phenoxy) is 7. The highest BCUT2D eigenvalue weighted by Gasteiger charge is 2.50. The molecule has 3 heterocycles. The predicted octanol–water partition coefficient (Wildman–Crippen LogP) is 6.19. The largest absolute Gasteiger partial charge is 0.469 e. The van der Waals surface area contributed by atoms with E-state index in [0.29, 0.717) is 17.8 Å². The van der Waals surface area contributed by atoms with Crippen LogP contribution in [0.4, 0.5) is 0 Å². The standard InChI is InChI=1S/C32H58O8/c1-12-24-18(5)17(4)23(10)30(36-24)39-29-22(9)20(7)26(14-3)38-32(29)40-28-21(8)19(6)25(13-2)37-31(28)35-16-15-27(33)34-11/h17-26,28-32H,12-16H2,1-11H3. The molecular weight excluding hydrogens is 512 g/mol. The molecule has 0 aliphatic carbocycles. The van der Waals surface area contributed by atoms with E-state index >= 15 is 0 Å². The molecule has 0 amide bonds. The number of esters is 1. The molecule has 0 saturated carbocycles. The third kappa shape index (κ3) is 7.41. The number of rotatable bonds is 11. The summed E-state index contributed by atoms with van der Waals surface area (Å²) in [5.41, 5.74) is 0. The lowest BCUT2D eigenvalue weighted by Gasteiger charge is -2.51. The summed E-state index contributed by atoms with van der Waals surface area (Å²) in [5, 5.41) is 0. The fourth-order valence-electron chi connectivity index (χ4n) is 6.85. The Balaban J connectivity index is 1.85. The summed E-state index contributed by atoms with van der Waals surface area (Å²) < 4.78 is 44.4. The van der Waals surface area contributed by atoms with Crippen molar-refractivity contribution in [1.82, 2.24) is 0 Å². The van der Waals surface area contributed by atoms with Gasteiger partial charge in [0.25, 0.3) is 0 Å². The first kappa shape index (κ1) is 33.7. The number of carbonyl (C=O) groups is 1. The van der Waals surface area contributed by atoms with E-state index in [-0.39, 0.29) is 79.5 Å². The van der Waals surface area contributed by atoms with Crippen LogP contribution in [0.5, 0.6) is 0 Å². The van der Waals surface area contributed by atoms with Gasteiger partial charge in [-0.1, -0.05) is 69.2 Å². The van der Waals surface area contributed by atoms with Crippen molar-refractivity contribution < 1.29 is 38.0 Å². The molecule has 3 fully saturated rings. The van der Waals surface area contributed by atoms with Crippen molar-refractivity contribution in [2.24, 2.45) is 41.4 Å². The zero-order valence-corrected chi connectivity index (χ0v) is 27.0. The first-order chi connectivity index (χ1) is 19.0. The number of hydrogen-bond acceptors (Lipinski definition) is 8. The molecule has 0 aromatic carbocycles. The van der Waals surface area contributed by atoms with Gasteiger partial charge < -0.3 is 33.2 Å². The lowest BCUT2D eigenvalue weighted by Crippen LogP contribution is -2.59. The van der Waals surface area contributed by atoms with Crippen molar-refractivity contribution in [1.29, 1.82) is 0 Å². The first-order valence-electron chi connectivity index (χ1n) is 15.9. The Hall–Kier alpha value is -0.770. The van der Waals surface area contributed by atoms with Crippen molar-refractivity contribution in [2.75, 3.05) is 13.7 Å². The van der Waals surface area contributed by atoms with Crippen LogP contribution >= 0.6 is 0 Å². The normalized spacial score (nSPS) is 46.2. The van der Waals surface area contributed by atoms with Crippen LogP contribution in [0.15, 0.2) is 0 Å². The summed E-state index contributed by atoms with van der Waals surface area (Å²) in [6, 6.07) is 0. The highest BCUT2D eigenvalue weighted by Crippen LogP contribution is 2.43. The Labute approximate surface area is 243 Å². The maximum absolute atomic E-state index is 11.7. The number of methoxy groups -OCH3 is 1. The van der Waals surface area contributed by atoms with E-state index in [2.05, 4.69) is 69.2 Å². The van der Waals surface area contributed by atoms with Crippen LogP contribution in [0.25, 0.3) is 0 Å². The minimum Gasteiger partial charge on any atom is -0.469 e. The van der Waals surface area contributed by atoms with Gasteiger partial charge in [-0.05, 0) is 54.8 Å². The third-order valence-electron chi connectivity index (χ3n) is 10.6. The maximum atomic E-state index is 11.7. The molecule has 3 aliphatic rings. The fraction of sp³-hybridized carbons (Fsp3) is 0.969. The van der Waals surface area contributed by atoms with Gasteiger partial charge in [0.05, 0.1) is 38.4 Å². The second kappa shape index (κ2) is 15.1. The minimum absolute atomic E-state index is 0.0468. The van der Waals surface area contributed by atoms with Crippen LogP contribution in [-0.4, -0.2) is 69.1 Å². The Morgan fingerprint density at radius 3 is 1.50 bits per heavy atom. The molecule has 0 aromatic heterocycles. The van der Waals surface area contributed by atoms with Crippen LogP contribution in [0.3, 0.4) is 0 Å². The number of carbonyl (C=O) groups excluding carboxylic acids is 1. The van der Waals surface area contributed by atoms with Gasteiger partial charge in [-0.25, -0.2) is 0 Å². The van der Waals surface area contributed by atoms with Crippen LogP contribution in [-0.2, 0) is 38.0 Å². The minimum atomic E-state index is -0.616. The van der Waals surface area contributed by atoms with E-state index in [1.54, 1.807) is 0 Å². The van der Waals surface area contributed by atoms with E-state index in [9.17, 15) is 4.79 Å². The van der Waals surface area contributed by atoms with E-state index < -0.39 is 12.6 Å². The molecule has 0 spiro atoms. The Bertz CT molecular complexity index is 776. The van der Waals surface area contributed by atoms with Gasteiger partial charge in [-0.2, -0.15) is 0 Å². The molecule has 40 heavy (non-hydrogen) atoms. The van der Waals surface area contributed by atoms with Gasteiger partial charge in [0.1, 0.15) is 12.2 Å². The summed E-state index contributed by atoms with van der Waals surface area (Å²) in [6.45, 7) is 22.4. The van der Waals surface area contributed by atoms with Gasteiger partial charge in [0.15, 0.2) is 18.9 Å². The van der Waals surface area contributed by atoms with Crippen LogP contribution in [0.1, 0.15) is 94.9 Å². The zero-order valence-electron chi connectivity index (χ0n) is 27.0. The quantitative estimate of drug-likeness (QED) is 0.272. The molecule has 8 nitrogen and oxygen atoms in total. The smallest absolute Gasteiger partial charge is 0.307 e. The first-order valence-corrected chi connectivity index (χ1v) is 15.9. The highest BCUT2D eigenvalue weighted by molar-refractivity contribution is 5.69. The number of hydrogen-bond donors (Lipinski definition) is 0. The Morgan fingerprint density at radius 1 is 0.575 bits per heavy atom. The SMILES string of the molecule is CCC1OC(OC2C(OC3C(OCCC(=O)OC)OC(CC)C(C)C3C)OC(CC)C(C)C2C)C(C)C(C)C1C. The topological polar surface area (TPSA) is 81.7 Å². The van der Waals surface area contributed by atoms with Crippen LogP contribution < -0.4 is 0 Å². The summed E-state index contributed by atoms with van der Waals surface area (Å²) in [7, 11) is 1.39. The average molecular weight is 571 g/mol. The van der Waals surface area contributed by atoms with Crippen molar-refractivity contribution in [3.63, 3.8) is 0 Å². The van der Waals surface area contributed by atoms with Gasteiger partial charge in [-0.3, -0.25) is 4.79 Å². The van der Waals surface area contributed by atoms with E-state index in [1.807, 2.05) is 0 Å². The van der Waals surface area contributed by atoms with Gasteiger partial charge >= 0.3 is 5.97 Å². The molecule has 0 aromatic rings. The van der Waals surface area contributed by atoms with Crippen molar-refractivity contribution in [2.45, 2.75) is 144 Å². The van der Waals surface area contributed by atoms with E-state index in [4.69, 9.17) is 33.2 Å². The molecule has 15 atom stereocenters. The molecule has 3 rings (SSSR count). The van der Waals surface area contributed by atoms with Crippen molar-refractivity contribution in [3.8, 4) is 0 Å². The van der Waals surface area contributed by atoms with Crippen molar-refractivity contribution in [3.05, 3.63) is 0 Å². The molecule has 0 bridgehead atoms. The lowest BCUT2D eigenvalue weighted by molar-refractivity contribution is -0.370. The summed E-state index contributed by atoms with van der Waals surface area (Å²) in [5.74, 6) is 1.83. The summed E-state index contributed by atoms with van der Waals surface area (Å²) in [6.07, 6.45) is 0.963. The van der Waals surface area contributed by atoms with E-state index in [0.717, 1.165) is 19.3 Å². The zero-order chi connectivity index (χ0) is 29.7. The lowest BCUT2D eigenvalue weighted by atomic mass is 9.78. The van der Waals surface area contributed by atoms with Crippen molar-refractivity contribution >= 4 is 5.97 Å². The van der Waals surface area contributed by atoms with Crippen LogP contribution in [0.2, 0.25) is 0 Å². The molecule has 8 heteroatoms. The average Bonchev–Trinajstić information content (AvgIpc) is 2.95. The van der Waals surface area contributed by atoms with E-state index in [1.165, 1.54) is 7.11 Å². The Kier molecular flexibility index (Phi) is 12.7. The summed E-state index contributed by atoms with van der Waals surface area (Å²) >= 11 is 0. The molecule has 3 saturated heterocycles. The predicted molar refractivity (Wildman–Crippen MR) is 153 cm³/mol. The second-order valence-corrected chi connectivity index (χ2v) is 12.8. The maximum Gasteiger partial charge on any atom is 0.307 e. The second-order valence-electron chi connectivity index (χ2n) is 12.8. The van der Waals surface area contributed by atoms with Gasteiger partial charge in [0, 0.05) is 5.92 Å². The third-order valence-corrected chi connectivity index (χ3v) is 10.6. The molecule has 0 N–H and O–H groups in total. The highest BCUT2D eigenvalue weighted by atomic mass is 16.8. The fourth-order valence-corrected chi connectivity index (χ4v) is 6.85. The molecule has 3 aliphatic heterocycles. The summed E-state index contributed by atoms with van der Waals surface area (Å²) in [4.78, 5) is 11.7. The molecule has 0 radical (unpaired) electrons. The monoisotopic (exact) mass is 570 g/mol. The molecular formula is C32H58O8. The van der Waals surface area contributed by atoms with Gasteiger partial charge in [-0.15, -0.1) is 0 Å². The van der Waals surface area contributed by atoms with Crippen LogP contribution in [0, 0.1) is 41.4 Å². The molecule has 234 valence electrons. The van der Waals surface area contributed by atoms with Gasteiger partial charge in [0.2, 0.25) is 0 Å². The Morgan fingerprint density at radius 2 is 1.00 bits per heavy atom.